The summed E-state index contributed by atoms with van der Waals surface area (Å²) in [4.78, 5) is 0. The molecule has 9 heteroatoms. The van der Waals surface area contributed by atoms with Crippen LogP contribution in [-0.2, 0) is 10.2 Å². The largest absolute Gasteiger partial charge is 0.329 e. The van der Waals surface area contributed by atoms with Crippen molar-refractivity contribution in [3.8, 4) is 0 Å². The summed E-state index contributed by atoms with van der Waals surface area (Å²) in [5.74, 6) is -1.77. The van der Waals surface area contributed by atoms with E-state index in [1.165, 1.54) is 4.31 Å². The Hall–Kier alpha value is -0.770. The van der Waals surface area contributed by atoms with Crippen LogP contribution in [0.15, 0.2) is 16.6 Å². The normalized spacial score (nSPS) is 20.5. The first-order valence-electron chi connectivity index (χ1n) is 6.49. The van der Waals surface area contributed by atoms with Gasteiger partial charge < -0.3 is 5.73 Å². The molecule has 0 bridgehead atoms. The summed E-state index contributed by atoms with van der Waals surface area (Å²) in [5, 5.41) is 0. The van der Waals surface area contributed by atoms with Crippen molar-refractivity contribution in [1.82, 2.24) is 4.31 Å². The summed E-state index contributed by atoms with van der Waals surface area (Å²) in [6.07, 6.45) is 2.31. The van der Waals surface area contributed by atoms with Crippen LogP contribution < -0.4 is 10.5 Å². The fourth-order valence-electron chi connectivity index (χ4n) is 2.32. The maximum Gasteiger partial charge on any atom is 0.302 e. The number of hydrogen-bond donors (Lipinski definition) is 2. The van der Waals surface area contributed by atoms with E-state index in [9.17, 15) is 17.2 Å². The molecule has 0 radical (unpaired) electrons. The van der Waals surface area contributed by atoms with Crippen LogP contribution in [0.4, 0.5) is 14.5 Å². The average molecular weight is 384 g/mol. The Morgan fingerprint density at radius 3 is 2.71 bits per heavy atom. The van der Waals surface area contributed by atoms with E-state index in [0.717, 1.165) is 18.9 Å². The van der Waals surface area contributed by atoms with Crippen molar-refractivity contribution in [2.45, 2.75) is 25.3 Å². The summed E-state index contributed by atoms with van der Waals surface area (Å²) in [5.41, 5.74) is 5.29. The summed E-state index contributed by atoms with van der Waals surface area (Å²) >= 11 is 2.90. The molecule has 1 heterocycles. The molecule has 0 spiro atoms. The molecule has 1 aromatic carbocycles. The highest BCUT2D eigenvalue weighted by atomic mass is 79.9. The average Bonchev–Trinajstić information content (AvgIpc) is 2.44. The van der Waals surface area contributed by atoms with Gasteiger partial charge in [0.05, 0.1) is 10.2 Å². The van der Waals surface area contributed by atoms with E-state index >= 15 is 0 Å². The molecular formula is C12H16BrF2N3O2S. The summed E-state index contributed by atoms with van der Waals surface area (Å²) in [7, 11) is -3.93. The van der Waals surface area contributed by atoms with Gasteiger partial charge in [0, 0.05) is 25.2 Å². The molecule has 1 aromatic rings. The predicted octanol–water partition coefficient (Wildman–Crippen LogP) is 2.20. The maximum absolute atomic E-state index is 13.7. The van der Waals surface area contributed by atoms with E-state index in [4.69, 9.17) is 5.73 Å². The Balaban J connectivity index is 2.26. The van der Waals surface area contributed by atoms with Gasteiger partial charge in [-0.25, -0.2) is 8.78 Å². The monoisotopic (exact) mass is 383 g/mol. The van der Waals surface area contributed by atoms with Crippen LogP contribution in [0.5, 0.6) is 0 Å². The van der Waals surface area contributed by atoms with E-state index in [1.807, 2.05) is 0 Å². The molecule has 1 fully saturated rings. The van der Waals surface area contributed by atoms with Crippen molar-refractivity contribution < 1.29 is 17.2 Å². The standard InChI is InChI=1S/C12H16BrF2N3O2S/c13-9-5-12(11(15)6-10(9)14)17-21(19,20)18-4-2-1-3-8(18)7-16/h5-6,8,17H,1-4,7,16H2. The van der Waals surface area contributed by atoms with Crippen molar-refractivity contribution in [3.63, 3.8) is 0 Å². The van der Waals surface area contributed by atoms with Gasteiger partial charge >= 0.3 is 10.2 Å². The quantitative estimate of drug-likeness (QED) is 0.782. The van der Waals surface area contributed by atoms with Crippen LogP contribution in [-0.4, -0.2) is 31.9 Å². The first kappa shape index (κ1) is 16.6. The van der Waals surface area contributed by atoms with Gasteiger partial charge in [0.1, 0.15) is 11.6 Å². The summed E-state index contributed by atoms with van der Waals surface area (Å²) in [6.45, 7) is 0.539. The number of piperidine rings is 1. The molecule has 1 atom stereocenters. The van der Waals surface area contributed by atoms with Crippen LogP contribution in [0.2, 0.25) is 0 Å². The number of anilines is 1. The summed E-state index contributed by atoms with van der Waals surface area (Å²) in [6, 6.07) is 1.38. The lowest BCUT2D eigenvalue weighted by atomic mass is 10.1. The fraction of sp³-hybridized carbons (Fsp3) is 0.500. The van der Waals surface area contributed by atoms with E-state index in [-0.39, 0.29) is 22.7 Å². The second kappa shape index (κ2) is 6.55. The zero-order chi connectivity index (χ0) is 15.6. The van der Waals surface area contributed by atoms with Crippen molar-refractivity contribution in [2.75, 3.05) is 17.8 Å². The lowest BCUT2D eigenvalue weighted by molar-refractivity contribution is 0.259. The van der Waals surface area contributed by atoms with Gasteiger partial charge in [0.2, 0.25) is 0 Å². The molecule has 5 nitrogen and oxygen atoms in total. The second-order valence-electron chi connectivity index (χ2n) is 4.85. The summed E-state index contributed by atoms with van der Waals surface area (Å²) < 4.78 is 54.9. The molecule has 0 aliphatic carbocycles. The molecule has 1 aliphatic heterocycles. The second-order valence-corrected chi connectivity index (χ2v) is 7.33. The Labute approximate surface area is 130 Å². The van der Waals surface area contributed by atoms with Crippen LogP contribution in [0.3, 0.4) is 0 Å². The Morgan fingerprint density at radius 1 is 1.33 bits per heavy atom. The Bertz CT molecular complexity index is 627. The third-order valence-corrected chi connectivity index (χ3v) is 5.59. The van der Waals surface area contributed by atoms with Gasteiger partial charge in [-0.3, -0.25) is 4.72 Å². The number of rotatable bonds is 4. The maximum atomic E-state index is 13.7. The minimum absolute atomic E-state index is 0.0179. The van der Waals surface area contributed by atoms with Crippen molar-refractivity contribution in [1.29, 1.82) is 0 Å². The van der Waals surface area contributed by atoms with E-state index in [2.05, 4.69) is 20.7 Å². The van der Waals surface area contributed by atoms with E-state index in [1.54, 1.807) is 0 Å². The zero-order valence-corrected chi connectivity index (χ0v) is 13.6. The van der Waals surface area contributed by atoms with Gasteiger partial charge in [0.25, 0.3) is 0 Å². The van der Waals surface area contributed by atoms with Crippen molar-refractivity contribution in [2.24, 2.45) is 5.73 Å². The zero-order valence-electron chi connectivity index (χ0n) is 11.2. The highest BCUT2D eigenvalue weighted by Crippen LogP contribution is 2.26. The Kier molecular flexibility index (Phi) is 5.18. The molecule has 0 aromatic heterocycles. The van der Waals surface area contributed by atoms with Crippen LogP contribution in [0, 0.1) is 11.6 Å². The Morgan fingerprint density at radius 2 is 2.05 bits per heavy atom. The number of hydrogen-bond acceptors (Lipinski definition) is 3. The van der Waals surface area contributed by atoms with E-state index < -0.39 is 21.8 Å². The molecule has 21 heavy (non-hydrogen) atoms. The fourth-order valence-corrected chi connectivity index (χ4v) is 4.17. The molecule has 2 rings (SSSR count). The van der Waals surface area contributed by atoms with Crippen LogP contribution in [0.1, 0.15) is 19.3 Å². The lowest BCUT2D eigenvalue weighted by Crippen LogP contribution is -2.49. The smallest absolute Gasteiger partial charge is 0.302 e. The van der Waals surface area contributed by atoms with E-state index in [0.29, 0.717) is 19.0 Å². The van der Waals surface area contributed by atoms with Crippen LogP contribution >= 0.6 is 15.9 Å². The highest BCUT2D eigenvalue weighted by molar-refractivity contribution is 9.10. The van der Waals surface area contributed by atoms with Gasteiger partial charge in [-0.1, -0.05) is 6.42 Å². The van der Waals surface area contributed by atoms with Crippen molar-refractivity contribution in [3.05, 3.63) is 28.2 Å². The minimum atomic E-state index is -3.93. The molecule has 3 N–H and O–H groups in total. The van der Waals surface area contributed by atoms with Gasteiger partial charge in [-0.15, -0.1) is 0 Å². The number of benzene rings is 1. The van der Waals surface area contributed by atoms with Gasteiger partial charge in [0.15, 0.2) is 0 Å². The first-order chi connectivity index (χ1) is 9.85. The molecule has 0 amide bonds. The lowest BCUT2D eigenvalue weighted by Gasteiger charge is -2.33. The van der Waals surface area contributed by atoms with Gasteiger partial charge in [-0.2, -0.15) is 12.7 Å². The predicted molar refractivity (Wildman–Crippen MR) is 80.0 cm³/mol. The molecule has 1 aliphatic rings. The first-order valence-corrected chi connectivity index (χ1v) is 8.72. The number of nitrogens with one attached hydrogen (secondary N) is 1. The third-order valence-electron chi connectivity index (χ3n) is 3.40. The van der Waals surface area contributed by atoms with Gasteiger partial charge in [-0.05, 0) is 34.8 Å². The third kappa shape index (κ3) is 3.71. The minimum Gasteiger partial charge on any atom is -0.329 e. The van der Waals surface area contributed by atoms with Crippen molar-refractivity contribution >= 4 is 31.8 Å². The number of nitrogens with two attached hydrogens (primary N) is 1. The topological polar surface area (TPSA) is 75.4 Å². The SMILES string of the molecule is NCC1CCCCN1S(=O)(=O)Nc1cc(Br)c(F)cc1F. The molecule has 1 saturated heterocycles. The van der Waals surface area contributed by atoms with Crippen LogP contribution in [0.25, 0.3) is 0 Å². The number of nitrogens with zero attached hydrogens (tertiary/aromatic N) is 1. The highest BCUT2D eigenvalue weighted by Gasteiger charge is 2.32. The molecule has 1 unspecified atom stereocenters. The molecule has 0 saturated carbocycles. The molecular weight excluding hydrogens is 368 g/mol. The number of halogens is 3. The molecule has 118 valence electrons.